The first-order chi connectivity index (χ1) is 14.2. The molecule has 0 saturated heterocycles. The zero-order chi connectivity index (χ0) is 19.8. The molecule has 5 heteroatoms. The predicted octanol–water partition coefficient (Wildman–Crippen LogP) is 5.40. The Morgan fingerprint density at radius 2 is 1.45 bits per heavy atom. The highest BCUT2D eigenvalue weighted by Gasteiger charge is 2.19. The maximum Gasteiger partial charge on any atom is 0.274 e. The van der Waals surface area contributed by atoms with Gasteiger partial charge in [-0.2, -0.15) is 0 Å². The molecule has 0 bridgehead atoms. The van der Waals surface area contributed by atoms with Gasteiger partial charge in [0.25, 0.3) is 5.56 Å². The van der Waals surface area contributed by atoms with Crippen molar-refractivity contribution in [2.45, 2.75) is 0 Å². The van der Waals surface area contributed by atoms with Crippen molar-refractivity contribution in [2.75, 3.05) is 0 Å². The number of hydrogen-bond acceptors (Lipinski definition) is 3. The van der Waals surface area contributed by atoms with E-state index in [-0.39, 0.29) is 5.56 Å². The van der Waals surface area contributed by atoms with Gasteiger partial charge in [0.15, 0.2) is 4.96 Å². The van der Waals surface area contributed by atoms with Gasteiger partial charge in [0.05, 0.1) is 15.9 Å². The van der Waals surface area contributed by atoms with Crippen LogP contribution in [-0.2, 0) is 0 Å². The van der Waals surface area contributed by atoms with E-state index in [1.54, 1.807) is 4.40 Å². The average molecular weight is 459 g/mol. The molecule has 0 N–H and O–H groups in total. The number of imidazole rings is 1. The maximum atomic E-state index is 13.4. The third-order valence-electron chi connectivity index (χ3n) is 4.75. The second kappa shape index (κ2) is 7.43. The van der Waals surface area contributed by atoms with Gasteiger partial charge in [0.2, 0.25) is 0 Å². The summed E-state index contributed by atoms with van der Waals surface area (Å²) in [6, 6.07) is 27.9. The first-order valence-electron chi connectivity index (χ1n) is 9.15. The third kappa shape index (κ3) is 3.22. The number of benzene rings is 3. The molecule has 29 heavy (non-hydrogen) atoms. The fourth-order valence-electron chi connectivity index (χ4n) is 3.39. The zero-order valence-electron chi connectivity index (χ0n) is 15.2. The first-order valence-corrected chi connectivity index (χ1v) is 10.8. The maximum absolute atomic E-state index is 13.4. The molecule has 0 aliphatic heterocycles. The molecule has 0 aliphatic carbocycles. The van der Waals surface area contributed by atoms with Crippen LogP contribution in [0, 0.1) is 0 Å². The van der Waals surface area contributed by atoms with Crippen molar-refractivity contribution in [2.24, 2.45) is 0 Å². The van der Waals surface area contributed by atoms with Crippen molar-refractivity contribution in [3.05, 3.63) is 110 Å². The predicted molar refractivity (Wildman–Crippen MR) is 123 cm³/mol. The molecule has 5 rings (SSSR count). The quantitative estimate of drug-likeness (QED) is 0.362. The summed E-state index contributed by atoms with van der Waals surface area (Å²) in [6.07, 6.45) is 1.92. The van der Waals surface area contributed by atoms with Crippen LogP contribution in [-0.4, -0.2) is 9.38 Å². The normalized spacial score (nSPS) is 12.0. The summed E-state index contributed by atoms with van der Waals surface area (Å²) < 4.78 is 3.36. The van der Waals surface area contributed by atoms with E-state index in [0.29, 0.717) is 9.49 Å². The molecule has 0 radical (unpaired) electrons. The molecule has 0 fully saturated rings. The molecule has 3 nitrogen and oxygen atoms in total. The lowest BCUT2D eigenvalue weighted by Gasteiger charge is -2.04. The van der Waals surface area contributed by atoms with E-state index in [1.807, 2.05) is 91.0 Å². The lowest BCUT2D eigenvalue weighted by Crippen LogP contribution is -2.23. The second-order valence-corrected chi connectivity index (χ2v) is 8.46. The molecule has 2 heterocycles. The Morgan fingerprint density at radius 1 is 0.828 bits per heavy atom. The van der Waals surface area contributed by atoms with E-state index in [0.717, 1.165) is 32.6 Å². The van der Waals surface area contributed by atoms with Gasteiger partial charge in [-0.3, -0.25) is 4.79 Å². The SMILES string of the molecule is O=c1/c(=C/c2ccccc2Br)sc2nc(-c3ccccc3)c(-c3ccccc3)n12. The monoisotopic (exact) mass is 458 g/mol. The second-order valence-electron chi connectivity index (χ2n) is 6.60. The summed E-state index contributed by atoms with van der Waals surface area (Å²) in [7, 11) is 0. The molecule has 5 aromatic rings. The molecule has 0 spiro atoms. The third-order valence-corrected chi connectivity index (χ3v) is 6.44. The lowest BCUT2D eigenvalue weighted by molar-refractivity contribution is 1.15. The molecular weight excluding hydrogens is 444 g/mol. The summed E-state index contributed by atoms with van der Waals surface area (Å²) in [5.74, 6) is 0. The fraction of sp³-hybridized carbons (Fsp3) is 0. The molecule has 140 valence electrons. The van der Waals surface area contributed by atoms with Crippen molar-refractivity contribution >= 4 is 38.3 Å². The van der Waals surface area contributed by atoms with Crippen LogP contribution in [0.3, 0.4) is 0 Å². The molecule has 2 aromatic heterocycles. The Morgan fingerprint density at radius 3 is 2.14 bits per heavy atom. The number of rotatable bonds is 3. The van der Waals surface area contributed by atoms with Crippen molar-refractivity contribution in [1.29, 1.82) is 0 Å². The molecule has 3 aromatic carbocycles. The zero-order valence-corrected chi connectivity index (χ0v) is 17.7. The Bertz CT molecular complexity index is 1420. The molecule has 0 atom stereocenters. The Kier molecular flexibility index (Phi) is 4.62. The van der Waals surface area contributed by atoms with Gasteiger partial charge in [0, 0.05) is 15.6 Å². The lowest BCUT2D eigenvalue weighted by atomic mass is 10.1. The van der Waals surface area contributed by atoms with Gasteiger partial charge < -0.3 is 0 Å². The number of nitrogens with zero attached hydrogens (tertiary/aromatic N) is 2. The Hall–Kier alpha value is -3.02. The number of hydrogen-bond donors (Lipinski definition) is 0. The smallest absolute Gasteiger partial charge is 0.267 e. The van der Waals surface area contributed by atoms with Crippen molar-refractivity contribution in [1.82, 2.24) is 9.38 Å². The minimum absolute atomic E-state index is 0.0470. The van der Waals surface area contributed by atoms with Crippen LogP contribution >= 0.6 is 27.3 Å². The van der Waals surface area contributed by atoms with Crippen LogP contribution in [0.5, 0.6) is 0 Å². The van der Waals surface area contributed by atoms with E-state index in [4.69, 9.17) is 4.98 Å². The van der Waals surface area contributed by atoms with E-state index >= 15 is 0 Å². The number of aromatic nitrogens is 2. The average Bonchev–Trinajstić information content (AvgIpc) is 3.28. The summed E-state index contributed by atoms with van der Waals surface area (Å²) >= 11 is 4.97. The van der Waals surface area contributed by atoms with Gasteiger partial charge in [-0.05, 0) is 17.7 Å². The van der Waals surface area contributed by atoms with Crippen LogP contribution in [0.25, 0.3) is 33.6 Å². The topological polar surface area (TPSA) is 34.4 Å². The molecule has 0 saturated carbocycles. The molecule has 0 unspecified atom stereocenters. The van der Waals surface area contributed by atoms with Crippen LogP contribution in [0.15, 0.2) is 94.2 Å². The van der Waals surface area contributed by atoms with Gasteiger partial charge in [-0.25, -0.2) is 9.38 Å². The standard InChI is InChI=1S/C24H15BrN2OS/c25-19-14-8-7-13-18(19)15-20-23(28)27-22(17-11-5-2-6-12-17)21(26-24(27)29-20)16-9-3-1-4-10-16/h1-15H/b20-15-. The summed E-state index contributed by atoms with van der Waals surface area (Å²) in [4.78, 5) is 18.9. The fourth-order valence-corrected chi connectivity index (χ4v) is 4.76. The molecule has 0 amide bonds. The number of thiazole rings is 1. The Labute approximate surface area is 179 Å². The summed E-state index contributed by atoms with van der Waals surface area (Å²) in [5, 5.41) is 0. The minimum atomic E-state index is -0.0470. The van der Waals surface area contributed by atoms with E-state index in [2.05, 4.69) is 15.9 Å². The number of halogens is 1. The van der Waals surface area contributed by atoms with E-state index < -0.39 is 0 Å². The molecular formula is C24H15BrN2OS. The van der Waals surface area contributed by atoms with E-state index in [9.17, 15) is 4.79 Å². The first kappa shape index (κ1) is 18.0. The van der Waals surface area contributed by atoms with Gasteiger partial charge in [-0.15, -0.1) is 0 Å². The van der Waals surface area contributed by atoms with E-state index in [1.165, 1.54) is 11.3 Å². The highest BCUT2D eigenvalue weighted by Crippen LogP contribution is 2.32. The summed E-state index contributed by atoms with van der Waals surface area (Å²) in [6.45, 7) is 0. The van der Waals surface area contributed by atoms with Crippen LogP contribution < -0.4 is 10.1 Å². The van der Waals surface area contributed by atoms with Crippen molar-refractivity contribution < 1.29 is 0 Å². The van der Waals surface area contributed by atoms with Crippen LogP contribution in [0.2, 0.25) is 0 Å². The highest BCUT2D eigenvalue weighted by atomic mass is 79.9. The van der Waals surface area contributed by atoms with Crippen molar-refractivity contribution in [3.63, 3.8) is 0 Å². The van der Waals surface area contributed by atoms with Gasteiger partial charge >= 0.3 is 0 Å². The highest BCUT2D eigenvalue weighted by molar-refractivity contribution is 9.10. The largest absolute Gasteiger partial charge is 0.274 e. The molecule has 0 aliphatic rings. The Balaban J connectivity index is 1.82. The summed E-state index contributed by atoms with van der Waals surface area (Å²) in [5.41, 5.74) is 4.56. The van der Waals surface area contributed by atoms with Crippen LogP contribution in [0.4, 0.5) is 0 Å². The minimum Gasteiger partial charge on any atom is -0.267 e. The number of fused-ring (bicyclic) bond motifs is 1. The van der Waals surface area contributed by atoms with Crippen molar-refractivity contribution in [3.8, 4) is 22.5 Å². The van der Waals surface area contributed by atoms with Crippen LogP contribution in [0.1, 0.15) is 5.56 Å². The van der Waals surface area contributed by atoms with Gasteiger partial charge in [-0.1, -0.05) is 106 Å². The van der Waals surface area contributed by atoms with Gasteiger partial charge in [0.1, 0.15) is 0 Å².